The normalized spacial score (nSPS) is 18.6. The average molecular weight is 278 g/mol. The molecule has 1 aromatic heterocycles. The van der Waals surface area contributed by atoms with Crippen molar-refractivity contribution in [1.29, 1.82) is 0 Å². The molecule has 1 saturated heterocycles. The van der Waals surface area contributed by atoms with Crippen LogP contribution in [0.5, 0.6) is 5.88 Å². The lowest BCUT2D eigenvalue weighted by atomic mass is 10.1. The fourth-order valence-corrected chi connectivity index (χ4v) is 2.82. The quantitative estimate of drug-likeness (QED) is 0.862. The van der Waals surface area contributed by atoms with Gasteiger partial charge in [0.1, 0.15) is 12.1 Å². The van der Waals surface area contributed by atoms with E-state index in [0.29, 0.717) is 17.8 Å². The summed E-state index contributed by atoms with van der Waals surface area (Å²) in [6.07, 6.45) is 4.11. The van der Waals surface area contributed by atoms with Gasteiger partial charge in [-0.15, -0.1) is 0 Å². The number of methoxy groups -OCH3 is 1. The van der Waals surface area contributed by atoms with E-state index in [-0.39, 0.29) is 0 Å². The fraction of sp³-hybridized carbons (Fsp3) is 0.733. The zero-order chi connectivity index (χ0) is 14.5. The Morgan fingerprint density at radius 1 is 1.45 bits per heavy atom. The summed E-state index contributed by atoms with van der Waals surface area (Å²) in [6.45, 7) is 9.64. The van der Waals surface area contributed by atoms with Crippen LogP contribution in [0.2, 0.25) is 0 Å². The van der Waals surface area contributed by atoms with Crippen molar-refractivity contribution in [3.63, 3.8) is 0 Å². The number of hydrogen-bond acceptors (Lipinski definition) is 5. The fourth-order valence-electron chi connectivity index (χ4n) is 2.82. The first-order valence-electron chi connectivity index (χ1n) is 7.45. The average Bonchev–Trinajstić information content (AvgIpc) is 2.90. The smallest absolute Gasteiger partial charge is 0.221 e. The Labute approximate surface area is 121 Å². The highest BCUT2D eigenvalue weighted by atomic mass is 16.5. The van der Waals surface area contributed by atoms with Gasteiger partial charge in [0.05, 0.1) is 12.7 Å². The van der Waals surface area contributed by atoms with E-state index in [2.05, 4.69) is 34.0 Å². The van der Waals surface area contributed by atoms with Gasteiger partial charge in [-0.05, 0) is 32.2 Å². The lowest BCUT2D eigenvalue weighted by molar-refractivity contribution is 0.393. The van der Waals surface area contributed by atoms with Gasteiger partial charge in [0.15, 0.2) is 0 Å². The van der Waals surface area contributed by atoms with Crippen molar-refractivity contribution >= 4 is 5.82 Å². The highest BCUT2D eigenvalue weighted by Gasteiger charge is 2.22. The van der Waals surface area contributed by atoms with E-state index in [1.165, 1.54) is 12.8 Å². The molecule has 1 atom stereocenters. The molecule has 1 fully saturated rings. The summed E-state index contributed by atoms with van der Waals surface area (Å²) in [5, 5.41) is 3.56. The standard InChI is InChI=1S/C15H26N4O/c1-11(2)8-19(9-13-6-5-7-16-13)14-12(3)15(20-4)18-10-17-14/h10-11,13,16H,5-9H2,1-4H3. The van der Waals surface area contributed by atoms with Crippen LogP contribution >= 0.6 is 0 Å². The van der Waals surface area contributed by atoms with Crippen molar-refractivity contribution in [3.8, 4) is 5.88 Å². The van der Waals surface area contributed by atoms with Crippen molar-refractivity contribution in [1.82, 2.24) is 15.3 Å². The van der Waals surface area contributed by atoms with Crippen LogP contribution in [0, 0.1) is 12.8 Å². The van der Waals surface area contributed by atoms with Gasteiger partial charge >= 0.3 is 0 Å². The van der Waals surface area contributed by atoms with Crippen molar-refractivity contribution in [2.24, 2.45) is 5.92 Å². The van der Waals surface area contributed by atoms with Gasteiger partial charge in [-0.25, -0.2) is 9.97 Å². The molecular formula is C15H26N4O. The van der Waals surface area contributed by atoms with Crippen LogP contribution < -0.4 is 15.0 Å². The summed E-state index contributed by atoms with van der Waals surface area (Å²) in [6, 6.07) is 0.564. The Hall–Kier alpha value is -1.36. The van der Waals surface area contributed by atoms with Crippen LogP contribution in [0.4, 0.5) is 5.82 Å². The highest BCUT2D eigenvalue weighted by molar-refractivity contribution is 5.50. The molecule has 2 heterocycles. The number of rotatable bonds is 6. The molecule has 0 amide bonds. The predicted molar refractivity (Wildman–Crippen MR) is 81.4 cm³/mol. The number of hydrogen-bond donors (Lipinski definition) is 1. The molecule has 0 spiro atoms. The second kappa shape index (κ2) is 6.88. The van der Waals surface area contributed by atoms with E-state index < -0.39 is 0 Å². The minimum absolute atomic E-state index is 0.564. The number of ether oxygens (including phenoxy) is 1. The molecule has 0 aromatic carbocycles. The monoisotopic (exact) mass is 278 g/mol. The third-order valence-electron chi connectivity index (χ3n) is 3.69. The first-order chi connectivity index (χ1) is 9.61. The summed E-state index contributed by atoms with van der Waals surface area (Å²) in [7, 11) is 1.66. The first kappa shape index (κ1) is 15.0. The van der Waals surface area contributed by atoms with Gasteiger partial charge in [0.2, 0.25) is 5.88 Å². The Morgan fingerprint density at radius 3 is 2.85 bits per heavy atom. The molecule has 1 aliphatic heterocycles. The van der Waals surface area contributed by atoms with Crippen LogP contribution in [0.25, 0.3) is 0 Å². The summed E-state index contributed by atoms with van der Waals surface area (Å²) >= 11 is 0. The molecule has 1 aliphatic rings. The van der Waals surface area contributed by atoms with E-state index in [4.69, 9.17) is 4.74 Å². The van der Waals surface area contributed by atoms with Crippen LogP contribution in [0.3, 0.4) is 0 Å². The van der Waals surface area contributed by atoms with E-state index in [9.17, 15) is 0 Å². The molecule has 112 valence electrons. The maximum absolute atomic E-state index is 5.32. The molecular weight excluding hydrogens is 252 g/mol. The first-order valence-corrected chi connectivity index (χ1v) is 7.45. The Morgan fingerprint density at radius 2 is 2.25 bits per heavy atom. The van der Waals surface area contributed by atoms with E-state index in [0.717, 1.165) is 31.0 Å². The predicted octanol–water partition coefficient (Wildman–Crippen LogP) is 2.01. The molecule has 0 saturated carbocycles. The summed E-state index contributed by atoms with van der Waals surface area (Å²) in [4.78, 5) is 11.0. The SMILES string of the molecule is COc1ncnc(N(CC(C)C)CC2CCCN2)c1C. The molecule has 5 nitrogen and oxygen atoms in total. The third-order valence-corrected chi connectivity index (χ3v) is 3.69. The van der Waals surface area contributed by atoms with E-state index in [1.807, 2.05) is 6.92 Å². The maximum atomic E-state index is 5.32. The Kier molecular flexibility index (Phi) is 5.17. The van der Waals surface area contributed by atoms with Crippen LogP contribution in [0.1, 0.15) is 32.3 Å². The Bertz CT molecular complexity index is 430. The molecule has 20 heavy (non-hydrogen) atoms. The largest absolute Gasteiger partial charge is 0.481 e. The van der Waals surface area contributed by atoms with Gasteiger partial charge in [-0.1, -0.05) is 13.8 Å². The Balaban J connectivity index is 2.20. The summed E-state index contributed by atoms with van der Waals surface area (Å²) in [5.41, 5.74) is 1.02. The van der Waals surface area contributed by atoms with Gasteiger partial charge in [-0.2, -0.15) is 0 Å². The minimum atomic E-state index is 0.564. The molecule has 1 unspecified atom stereocenters. The maximum Gasteiger partial charge on any atom is 0.221 e. The van der Waals surface area contributed by atoms with Crippen molar-refractivity contribution in [3.05, 3.63) is 11.9 Å². The molecule has 0 bridgehead atoms. The van der Waals surface area contributed by atoms with Gasteiger partial charge in [0, 0.05) is 19.1 Å². The third kappa shape index (κ3) is 3.60. The van der Waals surface area contributed by atoms with E-state index >= 15 is 0 Å². The number of anilines is 1. The minimum Gasteiger partial charge on any atom is -0.481 e. The highest BCUT2D eigenvalue weighted by Crippen LogP contribution is 2.25. The molecule has 0 radical (unpaired) electrons. The number of nitrogens with one attached hydrogen (secondary N) is 1. The molecule has 1 N–H and O–H groups in total. The second-order valence-corrected chi connectivity index (χ2v) is 5.92. The van der Waals surface area contributed by atoms with Crippen LogP contribution in [0.15, 0.2) is 6.33 Å². The van der Waals surface area contributed by atoms with Crippen molar-refractivity contribution in [2.75, 3.05) is 31.6 Å². The summed E-state index contributed by atoms with van der Waals surface area (Å²) < 4.78 is 5.32. The van der Waals surface area contributed by atoms with E-state index in [1.54, 1.807) is 13.4 Å². The van der Waals surface area contributed by atoms with Crippen LogP contribution in [-0.2, 0) is 0 Å². The molecule has 0 aliphatic carbocycles. The zero-order valence-corrected chi connectivity index (χ0v) is 13.0. The number of aromatic nitrogens is 2. The van der Waals surface area contributed by atoms with Gasteiger partial charge in [0.25, 0.3) is 0 Å². The van der Waals surface area contributed by atoms with Crippen LogP contribution in [-0.4, -0.2) is 42.8 Å². The van der Waals surface area contributed by atoms with Crippen molar-refractivity contribution < 1.29 is 4.74 Å². The number of nitrogens with zero attached hydrogens (tertiary/aromatic N) is 3. The topological polar surface area (TPSA) is 50.3 Å². The van der Waals surface area contributed by atoms with Crippen molar-refractivity contribution in [2.45, 2.75) is 39.7 Å². The molecule has 5 heteroatoms. The lowest BCUT2D eigenvalue weighted by Crippen LogP contribution is -2.40. The van der Waals surface area contributed by atoms with Gasteiger partial charge in [-0.3, -0.25) is 0 Å². The molecule has 1 aromatic rings. The molecule has 2 rings (SSSR count). The summed E-state index contributed by atoms with van der Waals surface area (Å²) in [5.74, 6) is 2.26. The lowest BCUT2D eigenvalue weighted by Gasteiger charge is -2.29. The van der Waals surface area contributed by atoms with Gasteiger partial charge < -0.3 is 15.0 Å². The second-order valence-electron chi connectivity index (χ2n) is 5.92. The zero-order valence-electron chi connectivity index (χ0n) is 13.0.